The quantitative estimate of drug-likeness (QED) is 0.551. The highest BCUT2D eigenvalue weighted by atomic mass is 15.6. The summed E-state index contributed by atoms with van der Waals surface area (Å²) in [6, 6.07) is 16.6. The number of rotatable bonds is 4. The molecule has 0 amide bonds. The van der Waals surface area contributed by atoms with Crippen molar-refractivity contribution in [2.45, 2.75) is 33.7 Å². The Kier molecular flexibility index (Phi) is 4.51. The summed E-state index contributed by atoms with van der Waals surface area (Å²) < 4.78 is 0. The van der Waals surface area contributed by atoms with E-state index in [0.29, 0.717) is 0 Å². The smallest absolute Gasteiger partial charge is 0.0874 e. The van der Waals surface area contributed by atoms with Crippen molar-refractivity contribution in [1.82, 2.24) is 0 Å². The molecule has 2 aromatic carbocycles. The SMILES string of the molecule is Cc1ccc(N=NN(c2ccc(C)cc2)C(C)C)cc1. The molecular weight excluding hydrogens is 246 g/mol. The standard InChI is InChI=1S/C17H21N3/c1-13(2)20(17-11-7-15(4)8-12-17)19-18-16-9-5-14(3)6-10-16/h5-13H,1-4H3. The van der Waals surface area contributed by atoms with Gasteiger partial charge in [0.2, 0.25) is 0 Å². The lowest BCUT2D eigenvalue weighted by atomic mass is 10.2. The van der Waals surface area contributed by atoms with Gasteiger partial charge in [-0.2, -0.15) is 0 Å². The Morgan fingerprint density at radius 2 is 1.30 bits per heavy atom. The lowest BCUT2D eigenvalue weighted by Crippen LogP contribution is -2.24. The first kappa shape index (κ1) is 14.3. The fraction of sp³-hybridized carbons (Fsp3) is 0.294. The van der Waals surface area contributed by atoms with E-state index in [1.807, 2.05) is 29.3 Å². The second kappa shape index (κ2) is 6.33. The first-order chi connectivity index (χ1) is 9.56. The van der Waals surface area contributed by atoms with Crippen LogP contribution in [-0.4, -0.2) is 6.04 Å². The topological polar surface area (TPSA) is 28.0 Å². The van der Waals surface area contributed by atoms with E-state index in [9.17, 15) is 0 Å². The van der Waals surface area contributed by atoms with Crippen LogP contribution >= 0.6 is 0 Å². The summed E-state index contributed by atoms with van der Waals surface area (Å²) in [7, 11) is 0. The van der Waals surface area contributed by atoms with Crippen LogP contribution in [0.3, 0.4) is 0 Å². The molecule has 0 atom stereocenters. The third kappa shape index (κ3) is 3.67. The molecule has 104 valence electrons. The van der Waals surface area contributed by atoms with Crippen molar-refractivity contribution in [2.24, 2.45) is 10.3 Å². The maximum Gasteiger partial charge on any atom is 0.0874 e. The largest absolute Gasteiger partial charge is 0.244 e. The molecule has 0 unspecified atom stereocenters. The minimum absolute atomic E-state index is 0.256. The molecule has 2 rings (SSSR count). The van der Waals surface area contributed by atoms with Crippen LogP contribution in [0.25, 0.3) is 0 Å². The minimum Gasteiger partial charge on any atom is -0.244 e. The van der Waals surface area contributed by atoms with Gasteiger partial charge in [0.05, 0.1) is 11.4 Å². The van der Waals surface area contributed by atoms with Crippen LogP contribution in [0.5, 0.6) is 0 Å². The van der Waals surface area contributed by atoms with Crippen molar-refractivity contribution in [1.29, 1.82) is 0 Å². The Labute approximate surface area is 120 Å². The Balaban J connectivity index is 2.21. The van der Waals surface area contributed by atoms with Gasteiger partial charge < -0.3 is 0 Å². The summed E-state index contributed by atoms with van der Waals surface area (Å²) in [5.41, 5.74) is 4.39. The predicted molar refractivity (Wildman–Crippen MR) is 84.5 cm³/mol. The minimum atomic E-state index is 0.256. The summed E-state index contributed by atoms with van der Waals surface area (Å²) in [5, 5.41) is 10.6. The van der Waals surface area contributed by atoms with Crippen LogP contribution in [0.2, 0.25) is 0 Å². The predicted octanol–water partition coefficient (Wildman–Crippen LogP) is 5.22. The maximum absolute atomic E-state index is 4.38. The Morgan fingerprint density at radius 1 is 0.800 bits per heavy atom. The molecule has 0 radical (unpaired) electrons. The van der Waals surface area contributed by atoms with E-state index in [1.165, 1.54) is 11.1 Å². The molecule has 0 N–H and O–H groups in total. The Hall–Kier alpha value is -2.16. The Morgan fingerprint density at radius 3 is 1.80 bits per heavy atom. The molecule has 0 saturated heterocycles. The maximum atomic E-state index is 4.38. The zero-order valence-electron chi connectivity index (χ0n) is 12.5. The molecule has 0 saturated carbocycles. The van der Waals surface area contributed by atoms with Gasteiger partial charge >= 0.3 is 0 Å². The molecule has 0 aliphatic heterocycles. The van der Waals surface area contributed by atoms with Crippen LogP contribution in [0.4, 0.5) is 11.4 Å². The molecule has 3 heteroatoms. The van der Waals surface area contributed by atoms with E-state index in [4.69, 9.17) is 0 Å². The fourth-order valence-corrected chi connectivity index (χ4v) is 1.86. The number of hydrogen-bond donors (Lipinski definition) is 0. The lowest BCUT2D eigenvalue weighted by molar-refractivity contribution is 0.686. The molecule has 0 aliphatic carbocycles. The van der Waals surface area contributed by atoms with Crippen LogP contribution in [0.1, 0.15) is 25.0 Å². The molecule has 0 aromatic heterocycles. The highest BCUT2D eigenvalue weighted by molar-refractivity contribution is 5.47. The van der Waals surface area contributed by atoms with Gasteiger partial charge in [-0.05, 0) is 52.0 Å². The summed E-state index contributed by atoms with van der Waals surface area (Å²) in [6.07, 6.45) is 0. The third-order valence-electron chi connectivity index (χ3n) is 3.08. The first-order valence-electron chi connectivity index (χ1n) is 6.90. The molecule has 0 spiro atoms. The van der Waals surface area contributed by atoms with E-state index < -0.39 is 0 Å². The molecule has 0 aliphatic rings. The summed E-state index contributed by atoms with van der Waals surface area (Å²) in [4.78, 5) is 0. The average molecular weight is 267 g/mol. The van der Waals surface area contributed by atoms with Gasteiger partial charge in [-0.3, -0.25) is 0 Å². The van der Waals surface area contributed by atoms with E-state index >= 15 is 0 Å². The zero-order chi connectivity index (χ0) is 14.5. The van der Waals surface area contributed by atoms with Crippen molar-refractivity contribution in [3.8, 4) is 0 Å². The normalized spacial score (nSPS) is 11.2. The van der Waals surface area contributed by atoms with Crippen LogP contribution in [0.15, 0.2) is 58.9 Å². The van der Waals surface area contributed by atoms with Gasteiger partial charge in [0.15, 0.2) is 0 Å². The van der Waals surface area contributed by atoms with Gasteiger partial charge in [0.1, 0.15) is 0 Å². The Bertz CT molecular complexity index is 568. The van der Waals surface area contributed by atoms with Crippen LogP contribution < -0.4 is 5.01 Å². The van der Waals surface area contributed by atoms with Crippen molar-refractivity contribution in [2.75, 3.05) is 5.01 Å². The molecule has 2 aromatic rings. The van der Waals surface area contributed by atoms with Gasteiger partial charge in [-0.25, -0.2) is 5.01 Å². The van der Waals surface area contributed by atoms with Crippen molar-refractivity contribution < 1.29 is 0 Å². The summed E-state index contributed by atoms with van der Waals surface area (Å²) in [5.74, 6) is 0. The summed E-state index contributed by atoms with van der Waals surface area (Å²) in [6.45, 7) is 8.35. The lowest BCUT2D eigenvalue weighted by Gasteiger charge is -2.21. The van der Waals surface area contributed by atoms with Gasteiger partial charge in [0.25, 0.3) is 0 Å². The van der Waals surface area contributed by atoms with Crippen molar-refractivity contribution in [3.63, 3.8) is 0 Å². The van der Waals surface area contributed by atoms with E-state index in [1.54, 1.807) is 0 Å². The monoisotopic (exact) mass is 267 g/mol. The number of hydrogen-bond acceptors (Lipinski definition) is 2. The van der Waals surface area contributed by atoms with Gasteiger partial charge in [0, 0.05) is 6.04 Å². The molecular formula is C17H21N3. The average Bonchev–Trinajstić information content (AvgIpc) is 2.43. The van der Waals surface area contributed by atoms with E-state index in [0.717, 1.165) is 11.4 Å². The number of nitrogens with zero attached hydrogens (tertiary/aromatic N) is 3. The molecule has 3 nitrogen and oxygen atoms in total. The van der Waals surface area contributed by atoms with Crippen molar-refractivity contribution in [3.05, 3.63) is 59.7 Å². The molecule has 0 fully saturated rings. The number of benzene rings is 2. The van der Waals surface area contributed by atoms with Crippen molar-refractivity contribution >= 4 is 11.4 Å². The number of anilines is 1. The third-order valence-corrected chi connectivity index (χ3v) is 3.08. The fourth-order valence-electron chi connectivity index (χ4n) is 1.86. The highest BCUT2D eigenvalue weighted by Gasteiger charge is 2.09. The van der Waals surface area contributed by atoms with Crippen LogP contribution in [-0.2, 0) is 0 Å². The number of aryl methyl sites for hydroxylation is 2. The summed E-state index contributed by atoms with van der Waals surface area (Å²) >= 11 is 0. The first-order valence-corrected chi connectivity index (χ1v) is 6.90. The molecule has 20 heavy (non-hydrogen) atoms. The van der Waals surface area contributed by atoms with Gasteiger partial charge in [-0.1, -0.05) is 40.6 Å². The second-order valence-corrected chi connectivity index (χ2v) is 5.30. The molecule has 0 heterocycles. The van der Waals surface area contributed by atoms with E-state index in [2.05, 4.69) is 62.3 Å². The van der Waals surface area contributed by atoms with Crippen LogP contribution in [0, 0.1) is 13.8 Å². The highest BCUT2D eigenvalue weighted by Crippen LogP contribution is 2.21. The zero-order valence-corrected chi connectivity index (χ0v) is 12.5. The molecule has 0 bridgehead atoms. The second-order valence-electron chi connectivity index (χ2n) is 5.30. The van der Waals surface area contributed by atoms with E-state index in [-0.39, 0.29) is 6.04 Å². The van der Waals surface area contributed by atoms with Gasteiger partial charge in [-0.15, -0.1) is 5.11 Å².